The summed E-state index contributed by atoms with van der Waals surface area (Å²) >= 11 is 0. The van der Waals surface area contributed by atoms with E-state index in [0.29, 0.717) is 16.9 Å². The van der Waals surface area contributed by atoms with E-state index >= 15 is 0 Å². The van der Waals surface area contributed by atoms with E-state index in [1.54, 1.807) is 36.4 Å². The van der Waals surface area contributed by atoms with Crippen LogP contribution in [0.1, 0.15) is 36.8 Å². The molecule has 1 saturated carbocycles. The van der Waals surface area contributed by atoms with Crippen LogP contribution in [0.25, 0.3) is 0 Å². The number of rotatable bonds is 8. The highest BCUT2D eigenvalue weighted by atomic mass is 32.2. The molecule has 1 heterocycles. The molecule has 2 aromatic carbocycles. The number of nitrogens with zero attached hydrogens (tertiary/aromatic N) is 1. The highest BCUT2D eigenvalue weighted by molar-refractivity contribution is 7.89. The molecule has 1 saturated heterocycles. The van der Waals surface area contributed by atoms with Crippen LogP contribution in [0, 0.1) is 11.8 Å². The quantitative estimate of drug-likeness (QED) is 0.593. The van der Waals surface area contributed by atoms with Crippen molar-refractivity contribution in [1.29, 1.82) is 0 Å². The minimum Gasteiger partial charge on any atom is -0.496 e. The summed E-state index contributed by atoms with van der Waals surface area (Å²) in [4.78, 5) is 26.9. The second-order valence-electron chi connectivity index (χ2n) is 8.38. The second kappa shape index (κ2) is 9.52. The standard InChI is InChI=1S/C24H28N2O6S/c1-31-20-10-6-3-7-17(20)14-25-33(29,30)22-13-16(11-12-21(22)32-2)15-26-23(27)18-8-4-5-9-19(18)24(26)28/h3,6-7,10-13,18-19,25H,4-5,8-9,14-15H2,1-2H3/t18-,19+. The Labute approximate surface area is 193 Å². The second-order valence-corrected chi connectivity index (χ2v) is 10.1. The molecule has 1 aliphatic carbocycles. The van der Waals surface area contributed by atoms with E-state index in [2.05, 4.69) is 4.72 Å². The summed E-state index contributed by atoms with van der Waals surface area (Å²) in [5.41, 5.74) is 1.24. The molecule has 8 nitrogen and oxygen atoms in total. The van der Waals surface area contributed by atoms with E-state index in [9.17, 15) is 18.0 Å². The SMILES string of the molecule is COc1ccccc1CNS(=O)(=O)c1cc(CN2C(=O)[C@H]3CCCC[C@H]3C2=O)ccc1OC. The van der Waals surface area contributed by atoms with Crippen LogP contribution >= 0.6 is 0 Å². The summed E-state index contributed by atoms with van der Waals surface area (Å²) in [5, 5.41) is 0. The predicted octanol–water partition coefficient (Wildman–Crippen LogP) is 2.86. The van der Waals surface area contributed by atoms with Gasteiger partial charge in [-0.05, 0) is 36.6 Å². The molecule has 2 amide bonds. The Kier molecular flexibility index (Phi) is 6.71. The van der Waals surface area contributed by atoms with E-state index in [4.69, 9.17) is 9.47 Å². The number of carbonyl (C=O) groups is 2. The molecule has 4 rings (SSSR count). The van der Waals surface area contributed by atoms with Gasteiger partial charge in [0, 0.05) is 12.1 Å². The molecule has 9 heteroatoms. The molecule has 176 valence electrons. The summed E-state index contributed by atoms with van der Waals surface area (Å²) in [6.07, 6.45) is 3.38. The maximum absolute atomic E-state index is 13.1. The molecule has 0 unspecified atom stereocenters. The fourth-order valence-corrected chi connectivity index (χ4v) is 5.92. The lowest BCUT2D eigenvalue weighted by atomic mass is 9.81. The van der Waals surface area contributed by atoms with E-state index in [1.165, 1.54) is 25.2 Å². The first-order chi connectivity index (χ1) is 15.9. The number of amides is 2. The first-order valence-electron chi connectivity index (χ1n) is 11.0. The maximum Gasteiger partial charge on any atom is 0.244 e. The number of sulfonamides is 1. The van der Waals surface area contributed by atoms with Crippen LogP contribution in [0.5, 0.6) is 11.5 Å². The third kappa shape index (κ3) is 4.60. The van der Waals surface area contributed by atoms with Gasteiger partial charge >= 0.3 is 0 Å². The van der Waals surface area contributed by atoms with Crippen LogP contribution in [0.2, 0.25) is 0 Å². The van der Waals surface area contributed by atoms with Gasteiger partial charge in [0.1, 0.15) is 16.4 Å². The Balaban J connectivity index is 1.56. The number of fused-ring (bicyclic) bond motifs is 1. The van der Waals surface area contributed by atoms with E-state index in [1.807, 2.05) is 0 Å². The van der Waals surface area contributed by atoms with Gasteiger partial charge in [0.25, 0.3) is 0 Å². The van der Waals surface area contributed by atoms with Gasteiger partial charge in [-0.25, -0.2) is 13.1 Å². The van der Waals surface area contributed by atoms with Crippen LogP contribution < -0.4 is 14.2 Å². The number of ether oxygens (including phenoxy) is 2. The Morgan fingerprint density at radius 1 is 0.939 bits per heavy atom. The summed E-state index contributed by atoms with van der Waals surface area (Å²) in [6.45, 7) is 0.0792. The maximum atomic E-state index is 13.1. The molecule has 0 radical (unpaired) electrons. The van der Waals surface area contributed by atoms with E-state index < -0.39 is 10.0 Å². The zero-order chi connectivity index (χ0) is 23.6. The van der Waals surface area contributed by atoms with Crippen LogP contribution in [-0.2, 0) is 32.7 Å². The van der Waals surface area contributed by atoms with Crippen molar-refractivity contribution in [1.82, 2.24) is 9.62 Å². The zero-order valence-electron chi connectivity index (χ0n) is 18.7. The van der Waals surface area contributed by atoms with Crippen LogP contribution in [0.15, 0.2) is 47.4 Å². The number of imide groups is 1. The first-order valence-corrected chi connectivity index (χ1v) is 12.5. The molecular formula is C24H28N2O6S. The number of hydrogen-bond acceptors (Lipinski definition) is 6. The predicted molar refractivity (Wildman–Crippen MR) is 121 cm³/mol. The summed E-state index contributed by atoms with van der Waals surface area (Å²) in [5.74, 6) is -0.0312. The van der Waals surface area contributed by atoms with Crippen molar-refractivity contribution >= 4 is 21.8 Å². The number of methoxy groups -OCH3 is 2. The van der Waals surface area contributed by atoms with Crippen molar-refractivity contribution < 1.29 is 27.5 Å². The number of carbonyl (C=O) groups excluding carboxylic acids is 2. The zero-order valence-corrected chi connectivity index (χ0v) is 19.6. The highest BCUT2D eigenvalue weighted by Gasteiger charge is 2.47. The number of benzene rings is 2. The summed E-state index contributed by atoms with van der Waals surface area (Å²) < 4.78 is 39.4. The summed E-state index contributed by atoms with van der Waals surface area (Å²) in [7, 11) is -1.03. The van der Waals surface area contributed by atoms with Gasteiger partial charge < -0.3 is 9.47 Å². The smallest absolute Gasteiger partial charge is 0.244 e. The van der Waals surface area contributed by atoms with Gasteiger partial charge in [-0.15, -0.1) is 0 Å². The van der Waals surface area contributed by atoms with E-state index in [0.717, 1.165) is 25.7 Å². The Bertz CT molecular complexity index is 1140. The van der Waals surface area contributed by atoms with E-state index in [-0.39, 0.29) is 47.4 Å². The monoisotopic (exact) mass is 472 g/mol. The van der Waals surface area contributed by atoms with Crippen LogP contribution in [-0.4, -0.2) is 39.4 Å². The first kappa shape index (κ1) is 23.3. The molecule has 33 heavy (non-hydrogen) atoms. The lowest BCUT2D eigenvalue weighted by Crippen LogP contribution is -2.30. The average molecular weight is 473 g/mol. The summed E-state index contributed by atoms with van der Waals surface area (Å²) in [6, 6.07) is 11.8. The number of para-hydroxylation sites is 1. The molecule has 2 aromatic rings. The normalized spacial score (nSPS) is 20.6. The number of hydrogen-bond donors (Lipinski definition) is 1. The number of nitrogens with one attached hydrogen (secondary N) is 1. The van der Waals surface area contributed by atoms with Gasteiger partial charge in [0.2, 0.25) is 21.8 Å². The topological polar surface area (TPSA) is 102 Å². The third-order valence-corrected chi connectivity index (χ3v) is 7.86. The molecule has 1 N–H and O–H groups in total. The molecular weight excluding hydrogens is 444 g/mol. The Morgan fingerprint density at radius 2 is 1.58 bits per heavy atom. The fraction of sp³-hybridized carbons (Fsp3) is 0.417. The minimum atomic E-state index is -3.95. The molecule has 0 bridgehead atoms. The largest absolute Gasteiger partial charge is 0.496 e. The highest BCUT2D eigenvalue weighted by Crippen LogP contribution is 2.39. The molecule has 0 aromatic heterocycles. The lowest BCUT2D eigenvalue weighted by molar-refractivity contribution is -0.140. The van der Waals surface area contributed by atoms with Crippen molar-refractivity contribution in [2.24, 2.45) is 11.8 Å². The van der Waals surface area contributed by atoms with Crippen LogP contribution in [0.4, 0.5) is 0 Å². The van der Waals surface area contributed by atoms with Crippen molar-refractivity contribution in [3.63, 3.8) is 0 Å². The molecule has 1 aliphatic heterocycles. The fourth-order valence-electron chi connectivity index (χ4n) is 4.70. The molecule has 2 fully saturated rings. The van der Waals surface area contributed by atoms with Gasteiger partial charge in [-0.3, -0.25) is 14.5 Å². The average Bonchev–Trinajstić information content (AvgIpc) is 3.08. The van der Waals surface area contributed by atoms with Crippen molar-refractivity contribution in [3.05, 3.63) is 53.6 Å². The lowest BCUT2D eigenvalue weighted by Gasteiger charge is -2.19. The Hall–Kier alpha value is -2.91. The van der Waals surface area contributed by atoms with Crippen molar-refractivity contribution in [2.75, 3.05) is 14.2 Å². The molecule has 0 spiro atoms. The number of likely N-dealkylation sites (tertiary alicyclic amines) is 1. The minimum absolute atomic E-state index is 0.0339. The van der Waals surface area contributed by atoms with Gasteiger partial charge in [-0.1, -0.05) is 37.1 Å². The van der Waals surface area contributed by atoms with Crippen molar-refractivity contribution in [3.8, 4) is 11.5 Å². The molecule has 2 aliphatic rings. The van der Waals surface area contributed by atoms with Gasteiger partial charge in [0.15, 0.2) is 0 Å². The third-order valence-electron chi connectivity index (χ3n) is 6.44. The Morgan fingerprint density at radius 3 is 2.21 bits per heavy atom. The molecule has 2 atom stereocenters. The van der Waals surface area contributed by atoms with Crippen LogP contribution in [0.3, 0.4) is 0 Å². The van der Waals surface area contributed by atoms with Gasteiger partial charge in [0.05, 0.1) is 32.6 Å². The van der Waals surface area contributed by atoms with Crippen molar-refractivity contribution in [2.45, 2.75) is 43.7 Å². The van der Waals surface area contributed by atoms with Gasteiger partial charge in [-0.2, -0.15) is 0 Å².